The summed E-state index contributed by atoms with van der Waals surface area (Å²) in [5, 5.41) is 3.27. The van der Waals surface area contributed by atoms with Gasteiger partial charge in [-0.2, -0.15) is 0 Å². The SMILES string of the molecule is CNCC(C)(C)CN(C)C(C)Cc1ccccc1OC. The molecule has 20 heavy (non-hydrogen) atoms. The molecule has 0 saturated heterocycles. The Bertz CT molecular complexity index is 404. The van der Waals surface area contributed by atoms with Crippen molar-refractivity contribution in [1.82, 2.24) is 10.2 Å². The van der Waals surface area contributed by atoms with Gasteiger partial charge in [0, 0.05) is 19.1 Å². The number of ether oxygens (including phenoxy) is 1. The first-order valence-electron chi connectivity index (χ1n) is 7.36. The molecule has 114 valence electrons. The van der Waals surface area contributed by atoms with E-state index in [0.717, 1.165) is 25.3 Å². The molecule has 0 fully saturated rings. The topological polar surface area (TPSA) is 24.5 Å². The minimum absolute atomic E-state index is 0.276. The number of para-hydroxylation sites is 1. The molecular weight excluding hydrogens is 248 g/mol. The maximum atomic E-state index is 5.44. The number of hydrogen-bond donors (Lipinski definition) is 1. The van der Waals surface area contributed by atoms with Crippen LogP contribution in [0.1, 0.15) is 26.3 Å². The van der Waals surface area contributed by atoms with E-state index in [0.29, 0.717) is 6.04 Å². The van der Waals surface area contributed by atoms with E-state index < -0.39 is 0 Å². The van der Waals surface area contributed by atoms with Crippen molar-refractivity contribution in [1.29, 1.82) is 0 Å². The summed E-state index contributed by atoms with van der Waals surface area (Å²) in [6.45, 7) is 8.98. The molecule has 1 unspecified atom stereocenters. The number of rotatable bonds is 8. The molecule has 0 saturated carbocycles. The van der Waals surface area contributed by atoms with Gasteiger partial charge in [0.2, 0.25) is 0 Å². The summed E-state index contributed by atoms with van der Waals surface area (Å²) in [4.78, 5) is 2.43. The lowest BCUT2D eigenvalue weighted by Gasteiger charge is -2.34. The molecule has 0 spiro atoms. The van der Waals surface area contributed by atoms with Crippen LogP contribution in [0.25, 0.3) is 0 Å². The molecule has 1 atom stereocenters. The number of methoxy groups -OCH3 is 1. The average Bonchev–Trinajstić information content (AvgIpc) is 2.38. The second-order valence-electron chi connectivity index (χ2n) is 6.47. The van der Waals surface area contributed by atoms with Gasteiger partial charge < -0.3 is 15.0 Å². The molecule has 1 aromatic rings. The van der Waals surface area contributed by atoms with E-state index in [9.17, 15) is 0 Å². The molecule has 3 heteroatoms. The molecule has 1 rings (SSSR count). The Kier molecular flexibility index (Phi) is 6.50. The third-order valence-corrected chi connectivity index (χ3v) is 3.79. The van der Waals surface area contributed by atoms with Gasteiger partial charge in [-0.05, 0) is 44.5 Å². The Morgan fingerprint density at radius 1 is 1.30 bits per heavy atom. The molecule has 1 N–H and O–H groups in total. The second-order valence-corrected chi connectivity index (χ2v) is 6.47. The number of likely N-dealkylation sites (N-methyl/N-ethyl adjacent to an activating group) is 1. The predicted octanol–water partition coefficient (Wildman–Crippen LogP) is 2.80. The van der Waals surface area contributed by atoms with Gasteiger partial charge in [0.1, 0.15) is 5.75 Å². The third kappa shape index (κ3) is 5.14. The highest BCUT2D eigenvalue weighted by molar-refractivity contribution is 5.33. The summed E-state index contributed by atoms with van der Waals surface area (Å²) < 4.78 is 5.44. The minimum atomic E-state index is 0.276. The van der Waals surface area contributed by atoms with Crippen LogP contribution in [0.15, 0.2) is 24.3 Å². The molecule has 0 aliphatic carbocycles. The number of nitrogens with one attached hydrogen (secondary N) is 1. The van der Waals surface area contributed by atoms with Crippen LogP contribution in [0.3, 0.4) is 0 Å². The molecule has 0 bridgehead atoms. The van der Waals surface area contributed by atoms with Crippen molar-refractivity contribution in [3.05, 3.63) is 29.8 Å². The Labute approximate surface area is 124 Å². The van der Waals surface area contributed by atoms with Crippen molar-refractivity contribution in [2.75, 3.05) is 34.3 Å². The van der Waals surface area contributed by atoms with Crippen LogP contribution in [-0.4, -0.2) is 45.2 Å². The fourth-order valence-corrected chi connectivity index (χ4v) is 2.71. The summed E-state index contributed by atoms with van der Waals surface area (Å²) in [5.41, 5.74) is 1.55. The highest BCUT2D eigenvalue weighted by Gasteiger charge is 2.22. The molecule has 0 heterocycles. The predicted molar refractivity (Wildman–Crippen MR) is 86.5 cm³/mol. The monoisotopic (exact) mass is 278 g/mol. The van der Waals surface area contributed by atoms with Gasteiger partial charge >= 0.3 is 0 Å². The molecule has 1 aromatic carbocycles. The first-order chi connectivity index (χ1) is 9.39. The summed E-state index contributed by atoms with van der Waals surface area (Å²) >= 11 is 0. The zero-order valence-corrected chi connectivity index (χ0v) is 13.9. The van der Waals surface area contributed by atoms with Gasteiger partial charge in [-0.1, -0.05) is 32.0 Å². The lowest BCUT2D eigenvalue weighted by molar-refractivity contribution is 0.166. The van der Waals surface area contributed by atoms with Crippen molar-refractivity contribution in [3.63, 3.8) is 0 Å². The smallest absolute Gasteiger partial charge is 0.122 e. The van der Waals surface area contributed by atoms with Gasteiger partial charge in [-0.3, -0.25) is 0 Å². The summed E-state index contributed by atoms with van der Waals surface area (Å²) in [5.74, 6) is 0.988. The Balaban J connectivity index is 2.63. The second kappa shape index (κ2) is 7.65. The molecule has 0 aromatic heterocycles. The zero-order chi connectivity index (χ0) is 15.2. The fraction of sp³-hybridized carbons (Fsp3) is 0.647. The van der Waals surface area contributed by atoms with Crippen LogP contribution >= 0.6 is 0 Å². The van der Waals surface area contributed by atoms with E-state index in [-0.39, 0.29) is 5.41 Å². The Morgan fingerprint density at radius 3 is 2.55 bits per heavy atom. The van der Waals surface area contributed by atoms with E-state index in [4.69, 9.17) is 4.74 Å². The molecule has 0 aliphatic rings. The van der Waals surface area contributed by atoms with E-state index >= 15 is 0 Å². The third-order valence-electron chi connectivity index (χ3n) is 3.79. The van der Waals surface area contributed by atoms with Gasteiger partial charge in [0.25, 0.3) is 0 Å². The Morgan fingerprint density at radius 2 is 1.95 bits per heavy atom. The zero-order valence-electron chi connectivity index (χ0n) is 13.9. The number of benzene rings is 1. The van der Waals surface area contributed by atoms with Crippen LogP contribution in [0.4, 0.5) is 0 Å². The lowest BCUT2D eigenvalue weighted by Crippen LogP contribution is -2.42. The van der Waals surface area contributed by atoms with Crippen molar-refractivity contribution < 1.29 is 4.74 Å². The quantitative estimate of drug-likeness (QED) is 0.791. The lowest BCUT2D eigenvalue weighted by atomic mass is 9.92. The first-order valence-corrected chi connectivity index (χ1v) is 7.36. The maximum Gasteiger partial charge on any atom is 0.122 e. The molecule has 0 radical (unpaired) electrons. The standard InChI is InChI=1S/C17H30N2O/c1-14(19(5)13-17(2,3)12-18-4)11-15-9-7-8-10-16(15)20-6/h7-10,14,18H,11-13H2,1-6H3. The van der Waals surface area contributed by atoms with Gasteiger partial charge in [-0.15, -0.1) is 0 Å². The highest BCUT2D eigenvalue weighted by Crippen LogP contribution is 2.22. The molecule has 0 aliphatic heterocycles. The van der Waals surface area contributed by atoms with Crippen LogP contribution < -0.4 is 10.1 Å². The van der Waals surface area contributed by atoms with Gasteiger partial charge in [-0.25, -0.2) is 0 Å². The average molecular weight is 278 g/mol. The van der Waals surface area contributed by atoms with E-state index in [1.807, 2.05) is 19.2 Å². The normalized spacial score (nSPS) is 13.6. The van der Waals surface area contributed by atoms with E-state index in [1.54, 1.807) is 7.11 Å². The van der Waals surface area contributed by atoms with E-state index in [1.165, 1.54) is 5.56 Å². The summed E-state index contributed by atoms with van der Waals surface area (Å²) in [6.07, 6.45) is 1.01. The highest BCUT2D eigenvalue weighted by atomic mass is 16.5. The molecular formula is C17H30N2O. The summed E-state index contributed by atoms with van der Waals surface area (Å²) in [6, 6.07) is 8.78. The fourth-order valence-electron chi connectivity index (χ4n) is 2.71. The largest absolute Gasteiger partial charge is 0.496 e. The van der Waals surface area contributed by atoms with Crippen molar-refractivity contribution in [2.45, 2.75) is 33.2 Å². The van der Waals surface area contributed by atoms with Gasteiger partial charge in [0.05, 0.1) is 7.11 Å². The van der Waals surface area contributed by atoms with Crippen molar-refractivity contribution >= 4 is 0 Å². The van der Waals surface area contributed by atoms with Crippen LogP contribution in [0.5, 0.6) is 5.75 Å². The number of nitrogens with zero attached hydrogens (tertiary/aromatic N) is 1. The molecule has 3 nitrogen and oxygen atoms in total. The summed E-state index contributed by atoms with van der Waals surface area (Å²) in [7, 11) is 5.96. The van der Waals surface area contributed by atoms with Crippen LogP contribution in [0, 0.1) is 5.41 Å². The maximum absolute atomic E-state index is 5.44. The minimum Gasteiger partial charge on any atom is -0.496 e. The van der Waals surface area contributed by atoms with Crippen molar-refractivity contribution in [2.24, 2.45) is 5.41 Å². The first kappa shape index (κ1) is 17.0. The van der Waals surface area contributed by atoms with Crippen LogP contribution in [0.2, 0.25) is 0 Å². The van der Waals surface area contributed by atoms with Crippen LogP contribution in [-0.2, 0) is 6.42 Å². The van der Waals surface area contributed by atoms with Crippen molar-refractivity contribution in [3.8, 4) is 5.75 Å². The molecule has 0 amide bonds. The Hall–Kier alpha value is -1.06. The van der Waals surface area contributed by atoms with E-state index in [2.05, 4.69) is 50.2 Å². The van der Waals surface area contributed by atoms with Gasteiger partial charge in [0.15, 0.2) is 0 Å². The number of hydrogen-bond acceptors (Lipinski definition) is 3.